The molecule has 4 nitrogen and oxygen atoms in total. The molecule has 0 atom stereocenters. The van der Waals surface area contributed by atoms with Gasteiger partial charge in [-0.25, -0.2) is 9.97 Å². The van der Waals surface area contributed by atoms with Gasteiger partial charge in [0, 0.05) is 18.6 Å². The molecule has 2 rings (SSSR count). The zero-order chi connectivity index (χ0) is 9.80. The first-order valence-corrected chi connectivity index (χ1v) is 4.93. The summed E-state index contributed by atoms with van der Waals surface area (Å²) in [6.07, 6.45) is 5.13. The topological polar surface area (TPSA) is 61.8 Å². The standard InChI is InChI=1S/C9H9N3OS/c13-6-7-1-2-8(12-5-7)14-9-10-3-4-11-9/h1-5,13H,6H2,(H,10,11). The molecule has 0 fully saturated rings. The summed E-state index contributed by atoms with van der Waals surface area (Å²) < 4.78 is 0. The molecule has 0 aliphatic rings. The molecule has 0 aromatic carbocycles. The lowest BCUT2D eigenvalue weighted by Crippen LogP contribution is -1.86. The number of pyridine rings is 1. The molecule has 0 aliphatic heterocycles. The normalized spacial score (nSPS) is 10.4. The number of aliphatic hydroxyl groups is 1. The molecule has 0 unspecified atom stereocenters. The van der Waals surface area contributed by atoms with Gasteiger partial charge in [0.15, 0.2) is 5.16 Å². The fraction of sp³-hybridized carbons (Fsp3) is 0.111. The summed E-state index contributed by atoms with van der Waals surface area (Å²) in [5.41, 5.74) is 0.814. The Kier molecular flexibility index (Phi) is 2.81. The summed E-state index contributed by atoms with van der Waals surface area (Å²) in [7, 11) is 0. The molecule has 5 heteroatoms. The van der Waals surface area contributed by atoms with E-state index in [0.29, 0.717) is 0 Å². The van der Waals surface area contributed by atoms with Gasteiger partial charge < -0.3 is 10.1 Å². The van der Waals surface area contributed by atoms with Crippen LogP contribution in [-0.2, 0) is 6.61 Å². The third kappa shape index (κ3) is 2.12. The van der Waals surface area contributed by atoms with Gasteiger partial charge in [-0.3, -0.25) is 0 Å². The molecule has 72 valence electrons. The molecule has 0 saturated heterocycles. The molecule has 2 aromatic rings. The lowest BCUT2D eigenvalue weighted by atomic mass is 10.3. The predicted octanol–water partition coefficient (Wildman–Crippen LogP) is 1.45. The van der Waals surface area contributed by atoms with Crippen molar-refractivity contribution in [3.8, 4) is 0 Å². The largest absolute Gasteiger partial charge is 0.392 e. The third-order valence-corrected chi connectivity index (χ3v) is 2.52. The van der Waals surface area contributed by atoms with Crippen molar-refractivity contribution in [3.63, 3.8) is 0 Å². The van der Waals surface area contributed by atoms with E-state index < -0.39 is 0 Å². The van der Waals surface area contributed by atoms with Crippen LogP contribution in [0.5, 0.6) is 0 Å². The highest BCUT2D eigenvalue weighted by molar-refractivity contribution is 7.99. The number of nitrogens with zero attached hydrogens (tertiary/aromatic N) is 2. The van der Waals surface area contributed by atoms with Crippen LogP contribution >= 0.6 is 11.8 Å². The Bertz CT molecular complexity index is 385. The van der Waals surface area contributed by atoms with E-state index in [1.54, 1.807) is 18.6 Å². The number of nitrogens with one attached hydrogen (secondary N) is 1. The van der Waals surface area contributed by atoms with E-state index in [4.69, 9.17) is 5.11 Å². The number of H-pyrrole nitrogens is 1. The average Bonchev–Trinajstić information content (AvgIpc) is 2.72. The van der Waals surface area contributed by atoms with Crippen LogP contribution in [-0.4, -0.2) is 20.1 Å². The Morgan fingerprint density at radius 1 is 1.36 bits per heavy atom. The van der Waals surface area contributed by atoms with E-state index in [9.17, 15) is 0 Å². The molecule has 0 bridgehead atoms. The number of hydrogen-bond donors (Lipinski definition) is 2. The summed E-state index contributed by atoms with van der Waals surface area (Å²) in [4.78, 5) is 11.2. The molecule has 2 heterocycles. The van der Waals surface area contributed by atoms with Gasteiger partial charge in [-0.2, -0.15) is 0 Å². The number of aromatic amines is 1. The van der Waals surface area contributed by atoms with Crippen molar-refractivity contribution in [3.05, 3.63) is 36.3 Å². The molecule has 14 heavy (non-hydrogen) atoms. The maximum absolute atomic E-state index is 8.82. The van der Waals surface area contributed by atoms with Crippen molar-refractivity contribution in [1.29, 1.82) is 0 Å². The first-order chi connectivity index (χ1) is 6.88. The second-order valence-electron chi connectivity index (χ2n) is 2.66. The van der Waals surface area contributed by atoms with Crippen molar-refractivity contribution in [2.45, 2.75) is 16.8 Å². The van der Waals surface area contributed by atoms with Crippen LogP contribution in [0.3, 0.4) is 0 Å². The summed E-state index contributed by atoms with van der Waals surface area (Å²) in [5, 5.41) is 10.5. The van der Waals surface area contributed by atoms with Crippen LogP contribution in [0.15, 0.2) is 40.9 Å². The maximum atomic E-state index is 8.82. The van der Waals surface area contributed by atoms with Crippen LogP contribution in [0.4, 0.5) is 0 Å². The fourth-order valence-electron chi connectivity index (χ4n) is 0.970. The SMILES string of the molecule is OCc1ccc(Sc2ncc[nH]2)nc1. The summed E-state index contributed by atoms with van der Waals surface area (Å²) in [6.45, 7) is 0.0265. The Hall–Kier alpha value is -1.33. The molecular formula is C9H9N3OS. The van der Waals surface area contributed by atoms with Gasteiger partial charge >= 0.3 is 0 Å². The zero-order valence-corrected chi connectivity index (χ0v) is 8.16. The molecule has 0 aliphatic carbocycles. The molecule has 0 saturated carbocycles. The second kappa shape index (κ2) is 4.26. The Morgan fingerprint density at radius 3 is 2.86 bits per heavy atom. The van der Waals surface area contributed by atoms with Gasteiger partial charge in [-0.1, -0.05) is 6.07 Å². The molecule has 2 N–H and O–H groups in total. The highest BCUT2D eigenvalue weighted by atomic mass is 32.2. The van der Waals surface area contributed by atoms with Crippen molar-refractivity contribution in [2.75, 3.05) is 0 Å². The van der Waals surface area contributed by atoms with Crippen LogP contribution in [0, 0.1) is 0 Å². The number of aromatic nitrogens is 3. The van der Waals surface area contributed by atoms with Crippen LogP contribution in [0.2, 0.25) is 0 Å². The minimum Gasteiger partial charge on any atom is -0.392 e. The lowest BCUT2D eigenvalue weighted by Gasteiger charge is -1.98. The van der Waals surface area contributed by atoms with Gasteiger partial charge in [0.1, 0.15) is 5.03 Å². The molecule has 2 aromatic heterocycles. The second-order valence-corrected chi connectivity index (χ2v) is 3.67. The highest BCUT2D eigenvalue weighted by Crippen LogP contribution is 2.21. The van der Waals surface area contributed by atoms with Gasteiger partial charge in [0.25, 0.3) is 0 Å². The van der Waals surface area contributed by atoms with Crippen molar-refractivity contribution in [1.82, 2.24) is 15.0 Å². The van der Waals surface area contributed by atoms with Crippen LogP contribution in [0.1, 0.15) is 5.56 Å². The summed E-state index contributed by atoms with van der Waals surface area (Å²) in [5.74, 6) is 0. The first kappa shape index (κ1) is 9.23. The molecular weight excluding hydrogens is 198 g/mol. The highest BCUT2D eigenvalue weighted by Gasteiger charge is 2.00. The van der Waals surface area contributed by atoms with E-state index in [-0.39, 0.29) is 6.61 Å². The minimum atomic E-state index is 0.0265. The van der Waals surface area contributed by atoms with Gasteiger partial charge in [-0.15, -0.1) is 0 Å². The minimum absolute atomic E-state index is 0.0265. The number of hydrogen-bond acceptors (Lipinski definition) is 4. The number of aliphatic hydroxyl groups excluding tert-OH is 1. The predicted molar refractivity (Wildman–Crippen MR) is 52.9 cm³/mol. The van der Waals surface area contributed by atoms with Gasteiger partial charge in [-0.05, 0) is 23.4 Å². The fourth-order valence-corrected chi connectivity index (χ4v) is 1.65. The van der Waals surface area contributed by atoms with E-state index in [1.807, 2.05) is 12.1 Å². The Morgan fingerprint density at radius 2 is 2.29 bits per heavy atom. The van der Waals surface area contributed by atoms with Crippen molar-refractivity contribution >= 4 is 11.8 Å². The quantitative estimate of drug-likeness (QED) is 0.799. The number of imidazole rings is 1. The van der Waals surface area contributed by atoms with E-state index in [2.05, 4.69) is 15.0 Å². The Balaban J connectivity index is 2.10. The summed E-state index contributed by atoms with van der Waals surface area (Å²) >= 11 is 1.45. The van der Waals surface area contributed by atoms with Crippen LogP contribution < -0.4 is 0 Å². The van der Waals surface area contributed by atoms with E-state index in [1.165, 1.54) is 11.8 Å². The third-order valence-electron chi connectivity index (χ3n) is 1.65. The molecule has 0 spiro atoms. The smallest absolute Gasteiger partial charge is 0.171 e. The molecule has 0 radical (unpaired) electrons. The average molecular weight is 207 g/mol. The van der Waals surface area contributed by atoms with Gasteiger partial charge in [0.05, 0.1) is 6.61 Å². The van der Waals surface area contributed by atoms with Crippen LogP contribution in [0.25, 0.3) is 0 Å². The van der Waals surface area contributed by atoms with E-state index >= 15 is 0 Å². The Labute approximate surface area is 85.4 Å². The van der Waals surface area contributed by atoms with E-state index in [0.717, 1.165) is 15.7 Å². The lowest BCUT2D eigenvalue weighted by molar-refractivity contribution is 0.281. The monoisotopic (exact) mass is 207 g/mol. The van der Waals surface area contributed by atoms with Gasteiger partial charge in [0.2, 0.25) is 0 Å². The van der Waals surface area contributed by atoms with Crippen molar-refractivity contribution < 1.29 is 5.11 Å². The summed E-state index contributed by atoms with van der Waals surface area (Å²) in [6, 6.07) is 3.71. The number of rotatable bonds is 3. The zero-order valence-electron chi connectivity index (χ0n) is 7.34. The first-order valence-electron chi connectivity index (χ1n) is 4.11. The maximum Gasteiger partial charge on any atom is 0.171 e. The van der Waals surface area contributed by atoms with Crippen molar-refractivity contribution in [2.24, 2.45) is 0 Å². The molecule has 0 amide bonds.